The molecule has 4 aromatic rings. The number of Topliss-reactive ketones (excluding diaryl/α,β-unsaturated/α-hetero) is 2. The first-order chi connectivity index (χ1) is 42.6. The number of halogens is 2. The molecule has 8 aliphatic heterocycles. The summed E-state index contributed by atoms with van der Waals surface area (Å²) < 4.78 is 13.1. The van der Waals surface area contributed by atoms with Crippen molar-refractivity contribution in [3.63, 3.8) is 0 Å². The number of quaternary nitrogens is 1. The number of piperidine rings is 8. The van der Waals surface area contributed by atoms with Gasteiger partial charge >= 0.3 is 11.9 Å². The molecule has 8 fully saturated rings. The Hall–Kier alpha value is -7.48. The molecule has 0 spiro atoms. The van der Waals surface area contributed by atoms with Gasteiger partial charge in [0.25, 0.3) is 0 Å². The molecule has 14 heteroatoms. The first kappa shape index (κ1) is 74.0. The van der Waals surface area contributed by atoms with Crippen LogP contribution in [0.1, 0.15) is 129 Å². The van der Waals surface area contributed by atoms with Gasteiger partial charge in [0.1, 0.15) is 31.3 Å². The maximum absolute atomic E-state index is 13.6. The van der Waals surface area contributed by atoms with Crippen LogP contribution in [0.4, 0.5) is 0 Å². The molecular formula is C75H79Br2N4O6S2+. The van der Waals surface area contributed by atoms with Crippen LogP contribution in [0.2, 0.25) is 0 Å². The first-order valence-electron chi connectivity index (χ1n) is 29.6. The van der Waals surface area contributed by atoms with Crippen LogP contribution in [0.25, 0.3) is 0 Å². The number of rotatable bonds is 13. The second-order valence-corrected chi connectivity index (χ2v) is 23.6. The summed E-state index contributed by atoms with van der Waals surface area (Å²) in [6, 6.07) is 23.5. The number of hydrogen-bond acceptors (Lipinski definition) is 11. The normalized spacial score (nSPS) is 20.8. The number of likely N-dealkylation sites (tertiary alicyclic amines) is 2. The second-order valence-electron chi connectivity index (χ2n) is 21.4. The number of carbonyl (C=O) groups excluding carboxylic acids is 4. The summed E-state index contributed by atoms with van der Waals surface area (Å²) in [4.78, 5) is 57.4. The Labute approximate surface area is 557 Å². The monoisotopic (exact) mass is 1350 g/mol. The SMILES string of the molecule is Br.C.C#CC.C#CC#CC#CC#CC#CC#CC#CC#CC#CC.O=C(CBr)c1ccsc1.O=C(C[N+]12CCC(CC1)[C@@H](OC(=O)C(c1ccccc1)N1CCCCC1)C2)c1ccsc1.O=C(O[C@H]1CN2CCC1CC2)C(c1ccccc1)N1CCCCC1. The van der Waals surface area contributed by atoms with Gasteiger partial charge in [-0.15, -0.1) is 35.7 Å². The molecule has 0 saturated carbocycles. The zero-order valence-corrected chi connectivity index (χ0v) is 55.2. The van der Waals surface area contributed by atoms with Crippen LogP contribution in [-0.4, -0.2) is 132 Å². The maximum atomic E-state index is 13.6. The number of nitrogens with zero attached hydrogens (tertiary/aromatic N) is 4. The standard InChI is InChI=1S/C26H33N2O3S.C20H28N2O2.C19H4.C6H5BrOS.C3H4.CH4.BrH/c29-23(22-11-16-32-19-22)17-28-14-9-20(10-15-28)24(18-28)31-26(30)25(21-7-3-1-4-8-21)27-12-5-2-6-13-27;23-20(24-18-15-21-13-9-16(18)10-14-21)19(17-7-3-1-4-8-17)22-11-5-2-6-12-22;1-3-5-7-9-11-13-15-17-19-18-16-14-12-10-8-6-4-2;7-3-6(8)5-1-2-9-4-5;1-3-2;;/h1,3-4,7-8,11,16,19-20,24-25H,2,5-6,9-10,12-15,17-18H2;1,3-4,7-8,16,18-19H,2,5-6,9-15H2;1H,2H3;1-2,4H,3H2;1H,2H3;1H4;1H/q+1;;;;;;/t20?,24-,25?,28?;18-,19?;;;;;/m00...../s1. The molecule has 460 valence electrons. The Balaban J connectivity index is 0.000000265. The van der Waals surface area contributed by atoms with E-state index in [1.54, 1.807) is 36.5 Å². The van der Waals surface area contributed by atoms with Crippen molar-refractivity contribution in [3.8, 4) is 119 Å². The minimum atomic E-state index is -0.326. The Morgan fingerprint density at radius 3 is 1.35 bits per heavy atom. The minimum absolute atomic E-state index is 0. The molecule has 8 aliphatic rings. The number of terminal acetylenes is 2. The van der Waals surface area contributed by atoms with Crippen molar-refractivity contribution < 1.29 is 33.1 Å². The number of carbonyl (C=O) groups is 4. The van der Waals surface area contributed by atoms with Crippen LogP contribution >= 0.6 is 55.6 Å². The summed E-state index contributed by atoms with van der Waals surface area (Å²) in [6.45, 7) is 13.8. The van der Waals surface area contributed by atoms with E-state index in [9.17, 15) is 19.2 Å². The predicted octanol–water partition coefficient (Wildman–Crippen LogP) is 12.0. The summed E-state index contributed by atoms with van der Waals surface area (Å²) >= 11 is 6.20. The highest BCUT2D eigenvalue weighted by Crippen LogP contribution is 2.38. The van der Waals surface area contributed by atoms with Gasteiger partial charge in [-0.25, -0.2) is 9.59 Å². The molecule has 2 aromatic heterocycles. The van der Waals surface area contributed by atoms with Gasteiger partial charge in [-0.3, -0.25) is 24.3 Å². The lowest BCUT2D eigenvalue weighted by Crippen LogP contribution is -2.66. The Bertz CT molecular complexity index is 3490. The number of thiophene rings is 2. The summed E-state index contributed by atoms with van der Waals surface area (Å²) in [7, 11) is 0. The van der Waals surface area contributed by atoms with Gasteiger partial charge in [0.2, 0.25) is 5.78 Å². The van der Waals surface area contributed by atoms with E-state index in [1.165, 1.54) is 51.6 Å². The molecule has 0 amide bonds. The number of fused-ring (bicyclic) bond motifs is 6. The lowest BCUT2D eigenvalue weighted by molar-refractivity contribution is -0.938. The molecule has 4 atom stereocenters. The van der Waals surface area contributed by atoms with E-state index in [-0.39, 0.29) is 72.2 Å². The van der Waals surface area contributed by atoms with Gasteiger partial charge in [-0.1, -0.05) is 103 Å². The number of hydrogen-bond donors (Lipinski definition) is 0. The van der Waals surface area contributed by atoms with Crippen LogP contribution in [0.3, 0.4) is 0 Å². The van der Waals surface area contributed by atoms with Crippen molar-refractivity contribution in [2.75, 3.05) is 77.3 Å². The van der Waals surface area contributed by atoms with Gasteiger partial charge < -0.3 is 14.0 Å². The molecule has 0 aliphatic carbocycles. The van der Waals surface area contributed by atoms with Crippen molar-refractivity contribution in [3.05, 3.63) is 117 Å². The molecule has 2 unspecified atom stereocenters. The maximum Gasteiger partial charge on any atom is 0.328 e. The van der Waals surface area contributed by atoms with Crippen LogP contribution < -0.4 is 0 Å². The van der Waals surface area contributed by atoms with E-state index < -0.39 is 0 Å². The fourth-order valence-corrected chi connectivity index (χ4v) is 13.1. The molecule has 4 bridgehead atoms. The lowest BCUT2D eigenvalue weighted by Gasteiger charge is -2.51. The number of alkyl halides is 1. The van der Waals surface area contributed by atoms with Gasteiger partial charge in [-0.2, -0.15) is 22.7 Å². The van der Waals surface area contributed by atoms with Crippen molar-refractivity contribution in [1.29, 1.82) is 0 Å². The molecule has 89 heavy (non-hydrogen) atoms. The fourth-order valence-electron chi connectivity index (χ4n) is 11.5. The van der Waals surface area contributed by atoms with Crippen molar-refractivity contribution in [1.82, 2.24) is 14.7 Å². The highest BCUT2D eigenvalue weighted by atomic mass is 79.9. The third kappa shape index (κ3) is 25.1. The lowest BCUT2D eigenvalue weighted by atomic mass is 9.82. The average Bonchev–Trinajstić information content (AvgIpc) is 2.12. The first-order valence-corrected chi connectivity index (χ1v) is 32.6. The fraction of sp³-hybridized carbons (Fsp3) is 0.413. The summed E-state index contributed by atoms with van der Waals surface area (Å²) in [6.07, 6.45) is 21.0. The third-order valence-electron chi connectivity index (χ3n) is 15.7. The van der Waals surface area contributed by atoms with Crippen molar-refractivity contribution >= 4 is 79.1 Å². The molecule has 8 saturated heterocycles. The number of esters is 2. The van der Waals surface area contributed by atoms with Crippen LogP contribution in [0.5, 0.6) is 0 Å². The predicted molar refractivity (Wildman–Crippen MR) is 370 cm³/mol. The average molecular weight is 1360 g/mol. The highest BCUT2D eigenvalue weighted by molar-refractivity contribution is 9.09. The minimum Gasteiger partial charge on any atom is -0.459 e. The van der Waals surface area contributed by atoms with Crippen LogP contribution in [0, 0.1) is 131 Å². The number of ether oxygens (including phenoxy) is 2. The number of benzene rings is 2. The van der Waals surface area contributed by atoms with Crippen LogP contribution in [-0.2, 0) is 19.1 Å². The van der Waals surface area contributed by atoms with Gasteiger partial charge in [0, 0.05) is 47.2 Å². The zero-order chi connectivity index (χ0) is 61.7. The molecule has 2 aromatic carbocycles. The molecule has 12 rings (SSSR count). The van der Waals surface area contributed by atoms with Crippen molar-refractivity contribution in [2.24, 2.45) is 11.8 Å². The second kappa shape index (κ2) is 42.4. The largest absolute Gasteiger partial charge is 0.459 e. The van der Waals surface area contributed by atoms with E-state index in [4.69, 9.17) is 15.9 Å². The van der Waals surface area contributed by atoms with E-state index >= 15 is 0 Å². The molecular weight excluding hydrogens is 1280 g/mol. The van der Waals surface area contributed by atoms with Crippen molar-refractivity contribution in [2.45, 2.75) is 110 Å². The number of ketones is 2. The molecule has 0 N–H and O–H groups in total. The summed E-state index contributed by atoms with van der Waals surface area (Å²) in [5, 5.41) is 8.08. The quantitative estimate of drug-likeness (QED) is 0.0426. The van der Waals surface area contributed by atoms with Gasteiger partial charge in [0.15, 0.2) is 11.9 Å². The van der Waals surface area contributed by atoms with E-state index in [0.29, 0.717) is 23.7 Å². The smallest absolute Gasteiger partial charge is 0.328 e. The van der Waals surface area contributed by atoms with E-state index in [0.717, 1.165) is 105 Å². The summed E-state index contributed by atoms with van der Waals surface area (Å²) in [5.41, 5.74) is 3.72. The zero-order valence-electron chi connectivity index (χ0n) is 50.3. The van der Waals surface area contributed by atoms with Gasteiger partial charge in [-0.05, 0) is 226 Å². The molecule has 10 heterocycles. The van der Waals surface area contributed by atoms with E-state index in [2.05, 4.69) is 156 Å². The molecule has 0 radical (unpaired) electrons. The Morgan fingerprint density at radius 2 is 0.966 bits per heavy atom. The third-order valence-corrected chi connectivity index (χ3v) is 17.6. The van der Waals surface area contributed by atoms with Crippen LogP contribution in [0.15, 0.2) is 94.3 Å². The highest BCUT2D eigenvalue weighted by Gasteiger charge is 2.49. The Kier molecular flexibility index (Phi) is 35.3. The van der Waals surface area contributed by atoms with Gasteiger partial charge in [0.05, 0.1) is 18.4 Å². The topological polar surface area (TPSA) is 96.5 Å². The summed E-state index contributed by atoms with van der Waals surface area (Å²) in [5.74, 6) is 45.4. The van der Waals surface area contributed by atoms with E-state index in [1.807, 2.05) is 82.2 Å². The Morgan fingerprint density at radius 1 is 0.562 bits per heavy atom. The molecule has 10 nitrogen and oxygen atoms in total.